The maximum Gasteiger partial charge on any atom is 0.188 e. The van der Waals surface area contributed by atoms with Crippen molar-refractivity contribution in [3.63, 3.8) is 0 Å². The molecule has 3 aromatic heterocycles. The maximum atomic E-state index is 7.56. The van der Waals surface area contributed by atoms with Crippen molar-refractivity contribution in [1.29, 1.82) is 0 Å². The summed E-state index contributed by atoms with van der Waals surface area (Å²) < 4.78 is 4.83. The Bertz CT molecular complexity index is 2460. The molecular formula is C39H26N4S. The third kappa shape index (κ3) is 3.35. The molecule has 0 saturated heterocycles. The van der Waals surface area contributed by atoms with Gasteiger partial charge in [-0.15, -0.1) is 11.3 Å². The van der Waals surface area contributed by atoms with Crippen molar-refractivity contribution in [2.45, 2.75) is 19.3 Å². The van der Waals surface area contributed by atoms with Gasteiger partial charge in [-0.3, -0.25) is 4.98 Å². The molecule has 0 atom stereocenters. The number of aromatic nitrogens is 2. The first-order valence-electron chi connectivity index (χ1n) is 14.7. The molecule has 0 aliphatic carbocycles. The van der Waals surface area contributed by atoms with E-state index in [2.05, 4.69) is 130 Å². The monoisotopic (exact) mass is 582 g/mol. The minimum atomic E-state index is -0.0921. The van der Waals surface area contributed by atoms with E-state index in [1.807, 2.05) is 35.9 Å². The fraction of sp³-hybridized carbons (Fsp3) is 0.0769. The molecule has 44 heavy (non-hydrogen) atoms. The summed E-state index contributed by atoms with van der Waals surface area (Å²) in [5.74, 6) is 0. The molecule has 4 nitrogen and oxygen atoms in total. The van der Waals surface area contributed by atoms with Crippen LogP contribution in [0.3, 0.4) is 0 Å². The standard InChI is InChI=1S/C39H26N4S/c1-39(2)30-10-4-6-12-34(30)42(35-13-7-5-11-31(35)39)25-16-18-37-28(22-25)26-9-8-14-36(38(26)44-37)43-32-17-15-24(40-3)21-27(32)29-23-41-20-19-33(29)43/h4-23H,1-2H3. The molecule has 9 rings (SSSR count). The number of nitrogens with zero attached hydrogens (tertiary/aromatic N) is 4. The minimum absolute atomic E-state index is 0.0921. The summed E-state index contributed by atoms with van der Waals surface area (Å²) in [7, 11) is 0. The van der Waals surface area contributed by atoms with E-state index in [0.29, 0.717) is 5.69 Å². The largest absolute Gasteiger partial charge is 0.310 e. The number of hydrogen-bond donors (Lipinski definition) is 0. The predicted molar refractivity (Wildman–Crippen MR) is 185 cm³/mol. The number of fused-ring (bicyclic) bond motifs is 8. The summed E-state index contributed by atoms with van der Waals surface area (Å²) >= 11 is 1.83. The first-order chi connectivity index (χ1) is 21.5. The van der Waals surface area contributed by atoms with Crippen LogP contribution in [0.1, 0.15) is 25.0 Å². The van der Waals surface area contributed by atoms with Gasteiger partial charge in [-0.1, -0.05) is 68.4 Å². The van der Waals surface area contributed by atoms with Crippen LogP contribution in [-0.4, -0.2) is 9.55 Å². The average molecular weight is 583 g/mol. The van der Waals surface area contributed by atoms with E-state index in [1.165, 1.54) is 42.7 Å². The summed E-state index contributed by atoms with van der Waals surface area (Å²) in [5, 5.41) is 4.60. The zero-order valence-corrected chi connectivity index (χ0v) is 25.1. The first kappa shape index (κ1) is 25.1. The molecule has 0 N–H and O–H groups in total. The van der Waals surface area contributed by atoms with Gasteiger partial charge in [0, 0.05) is 44.4 Å². The van der Waals surface area contributed by atoms with Gasteiger partial charge in [0.15, 0.2) is 5.69 Å². The second-order valence-electron chi connectivity index (χ2n) is 12.0. The lowest BCUT2D eigenvalue weighted by Gasteiger charge is -2.42. The molecular weight excluding hydrogens is 557 g/mol. The Morgan fingerprint density at radius 2 is 1.41 bits per heavy atom. The van der Waals surface area contributed by atoms with E-state index in [9.17, 15) is 0 Å². The quantitative estimate of drug-likeness (QED) is 0.189. The van der Waals surface area contributed by atoms with E-state index in [4.69, 9.17) is 6.57 Å². The van der Waals surface area contributed by atoms with Crippen molar-refractivity contribution in [3.8, 4) is 5.69 Å². The van der Waals surface area contributed by atoms with Crippen LogP contribution >= 0.6 is 11.3 Å². The molecule has 1 aliphatic rings. The Morgan fingerprint density at radius 3 is 2.18 bits per heavy atom. The highest BCUT2D eigenvalue weighted by molar-refractivity contribution is 7.26. The van der Waals surface area contributed by atoms with Crippen LogP contribution in [-0.2, 0) is 5.41 Å². The predicted octanol–water partition coefficient (Wildman–Crippen LogP) is 11.2. The van der Waals surface area contributed by atoms with Crippen LogP contribution in [0.2, 0.25) is 0 Å². The molecule has 0 spiro atoms. The van der Waals surface area contributed by atoms with Crippen molar-refractivity contribution >= 4 is 76.1 Å². The number of benzene rings is 5. The Kier molecular flexibility index (Phi) is 5.15. The van der Waals surface area contributed by atoms with E-state index in [-0.39, 0.29) is 5.41 Å². The van der Waals surface area contributed by atoms with Gasteiger partial charge >= 0.3 is 0 Å². The van der Waals surface area contributed by atoms with Gasteiger partial charge in [0.25, 0.3) is 0 Å². The molecule has 4 heterocycles. The molecule has 0 saturated carbocycles. The molecule has 0 amide bonds. The summed E-state index contributed by atoms with van der Waals surface area (Å²) in [4.78, 5) is 10.5. The highest BCUT2D eigenvalue weighted by Gasteiger charge is 2.36. The van der Waals surface area contributed by atoms with Crippen molar-refractivity contribution in [3.05, 3.63) is 144 Å². The summed E-state index contributed by atoms with van der Waals surface area (Å²) in [6, 6.07) is 39.2. The first-order valence-corrected chi connectivity index (χ1v) is 15.6. The van der Waals surface area contributed by atoms with Crippen molar-refractivity contribution < 1.29 is 0 Å². The van der Waals surface area contributed by atoms with E-state index < -0.39 is 0 Å². The molecule has 0 bridgehead atoms. The average Bonchev–Trinajstić information content (AvgIpc) is 3.60. The normalized spacial score (nSPS) is 13.8. The molecule has 0 radical (unpaired) electrons. The lowest BCUT2D eigenvalue weighted by atomic mass is 9.73. The van der Waals surface area contributed by atoms with Gasteiger partial charge in [0.2, 0.25) is 0 Å². The number of hydrogen-bond acceptors (Lipinski definition) is 3. The van der Waals surface area contributed by atoms with E-state index in [1.54, 1.807) is 0 Å². The molecule has 0 unspecified atom stereocenters. The fourth-order valence-corrected chi connectivity index (χ4v) is 8.40. The topological polar surface area (TPSA) is 25.4 Å². The third-order valence-electron chi connectivity index (χ3n) is 9.27. The van der Waals surface area contributed by atoms with Gasteiger partial charge in [-0.25, -0.2) is 4.85 Å². The van der Waals surface area contributed by atoms with Gasteiger partial charge in [0.05, 0.1) is 39.4 Å². The van der Waals surface area contributed by atoms with Crippen LogP contribution in [0.25, 0.3) is 52.5 Å². The fourth-order valence-electron chi connectivity index (χ4n) is 7.22. The number of rotatable bonds is 2. The van der Waals surface area contributed by atoms with Crippen LogP contribution in [0.4, 0.5) is 22.7 Å². The van der Waals surface area contributed by atoms with Gasteiger partial charge < -0.3 is 9.47 Å². The Hall–Kier alpha value is -5.44. The molecule has 0 fully saturated rings. The zero-order chi connectivity index (χ0) is 29.6. The van der Waals surface area contributed by atoms with Crippen molar-refractivity contribution in [2.75, 3.05) is 4.90 Å². The second-order valence-corrected chi connectivity index (χ2v) is 13.0. The minimum Gasteiger partial charge on any atom is -0.310 e. The molecule has 208 valence electrons. The third-order valence-corrected chi connectivity index (χ3v) is 10.5. The van der Waals surface area contributed by atoms with E-state index in [0.717, 1.165) is 33.2 Å². The van der Waals surface area contributed by atoms with Crippen LogP contribution < -0.4 is 4.90 Å². The smallest absolute Gasteiger partial charge is 0.188 e. The van der Waals surface area contributed by atoms with Gasteiger partial charge in [-0.2, -0.15) is 0 Å². The second kappa shape index (κ2) is 9.03. The highest BCUT2D eigenvalue weighted by atomic mass is 32.1. The molecule has 8 aromatic rings. The lowest BCUT2D eigenvalue weighted by Crippen LogP contribution is -2.30. The highest BCUT2D eigenvalue weighted by Crippen LogP contribution is 2.52. The summed E-state index contributed by atoms with van der Waals surface area (Å²) in [5.41, 5.74) is 10.1. The zero-order valence-electron chi connectivity index (χ0n) is 24.2. The Morgan fingerprint density at radius 1 is 0.682 bits per heavy atom. The number of pyridine rings is 1. The van der Waals surface area contributed by atoms with Gasteiger partial charge in [-0.05, 0) is 71.1 Å². The SMILES string of the molecule is [C-]#[N+]c1ccc2c(c1)c1cnccc1n2-c1cccc2c1sc1ccc(N3c4ccccc4C(C)(C)c4ccccc43)cc12. The van der Waals surface area contributed by atoms with Crippen LogP contribution in [0.5, 0.6) is 0 Å². The Labute approximate surface area is 258 Å². The van der Waals surface area contributed by atoms with Crippen LogP contribution in [0, 0.1) is 6.57 Å². The van der Waals surface area contributed by atoms with Crippen molar-refractivity contribution in [2.24, 2.45) is 0 Å². The summed E-state index contributed by atoms with van der Waals surface area (Å²) in [6.07, 6.45) is 3.76. The van der Waals surface area contributed by atoms with E-state index >= 15 is 0 Å². The lowest BCUT2D eigenvalue weighted by molar-refractivity contribution is 0.632. The number of para-hydroxylation sites is 2. The number of anilines is 3. The molecule has 5 aromatic carbocycles. The Balaban J connectivity index is 1.29. The summed E-state index contributed by atoms with van der Waals surface area (Å²) in [6.45, 7) is 12.2. The molecule has 1 aliphatic heterocycles. The number of thiophene rings is 1. The molecule has 5 heteroatoms. The van der Waals surface area contributed by atoms with Gasteiger partial charge in [0.1, 0.15) is 0 Å². The van der Waals surface area contributed by atoms with Crippen LogP contribution in [0.15, 0.2) is 122 Å². The van der Waals surface area contributed by atoms with Crippen molar-refractivity contribution in [1.82, 2.24) is 9.55 Å². The maximum absolute atomic E-state index is 7.56.